The molecule has 0 unspecified atom stereocenters. The quantitative estimate of drug-likeness (QED) is 0.888. The number of nitrogens with one attached hydrogen (secondary N) is 1. The van der Waals surface area contributed by atoms with Crippen molar-refractivity contribution in [2.45, 2.75) is 38.3 Å². The van der Waals surface area contributed by atoms with E-state index in [2.05, 4.69) is 27.1 Å². The van der Waals surface area contributed by atoms with Crippen LogP contribution in [0.5, 0.6) is 0 Å². The maximum Gasteiger partial charge on any atom is 0.124 e. The topological polar surface area (TPSA) is 45.1 Å². The van der Waals surface area contributed by atoms with Crippen LogP contribution in [0, 0.1) is 5.92 Å². The van der Waals surface area contributed by atoms with Gasteiger partial charge in [0.1, 0.15) is 5.01 Å². The SMILES string of the molecule is OCC1CCC(NCc2cnc(-c3ccsc3)s2)CC1. The minimum Gasteiger partial charge on any atom is -0.396 e. The maximum atomic E-state index is 9.15. The summed E-state index contributed by atoms with van der Waals surface area (Å²) in [6, 6.07) is 2.72. The zero-order valence-corrected chi connectivity index (χ0v) is 13.1. The van der Waals surface area contributed by atoms with Gasteiger partial charge in [0.25, 0.3) is 0 Å². The van der Waals surface area contributed by atoms with Crippen LogP contribution in [0.25, 0.3) is 10.6 Å². The van der Waals surface area contributed by atoms with E-state index in [1.54, 1.807) is 22.7 Å². The highest BCUT2D eigenvalue weighted by Crippen LogP contribution is 2.28. The van der Waals surface area contributed by atoms with Crippen molar-refractivity contribution in [2.75, 3.05) is 6.61 Å². The van der Waals surface area contributed by atoms with E-state index in [1.807, 2.05) is 6.20 Å². The van der Waals surface area contributed by atoms with Gasteiger partial charge in [-0.3, -0.25) is 0 Å². The number of aliphatic hydroxyl groups is 1. The van der Waals surface area contributed by atoms with Crippen LogP contribution in [-0.2, 0) is 6.54 Å². The molecule has 0 radical (unpaired) electrons. The van der Waals surface area contributed by atoms with Crippen molar-refractivity contribution >= 4 is 22.7 Å². The van der Waals surface area contributed by atoms with Crippen LogP contribution < -0.4 is 5.32 Å². The van der Waals surface area contributed by atoms with Gasteiger partial charge in [0.2, 0.25) is 0 Å². The molecule has 2 aromatic rings. The largest absolute Gasteiger partial charge is 0.396 e. The van der Waals surface area contributed by atoms with Crippen LogP contribution in [0.2, 0.25) is 0 Å². The lowest BCUT2D eigenvalue weighted by Gasteiger charge is -2.27. The van der Waals surface area contributed by atoms with E-state index in [0.717, 1.165) is 24.4 Å². The van der Waals surface area contributed by atoms with Gasteiger partial charge in [0.05, 0.1) is 0 Å². The van der Waals surface area contributed by atoms with Crippen LogP contribution in [0.1, 0.15) is 30.6 Å². The lowest BCUT2D eigenvalue weighted by Crippen LogP contribution is -2.33. The Kier molecular flexibility index (Phi) is 4.83. The van der Waals surface area contributed by atoms with Gasteiger partial charge < -0.3 is 10.4 Å². The molecule has 0 amide bonds. The molecule has 2 heterocycles. The van der Waals surface area contributed by atoms with Crippen LogP contribution in [0.3, 0.4) is 0 Å². The molecule has 0 spiro atoms. The molecule has 5 heteroatoms. The summed E-state index contributed by atoms with van der Waals surface area (Å²) in [6.07, 6.45) is 6.65. The molecular weight excluding hydrogens is 288 g/mol. The molecule has 0 aliphatic heterocycles. The van der Waals surface area contributed by atoms with Gasteiger partial charge in [-0.1, -0.05) is 0 Å². The summed E-state index contributed by atoms with van der Waals surface area (Å²) in [5.41, 5.74) is 1.23. The molecular formula is C15H20N2OS2. The van der Waals surface area contributed by atoms with Gasteiger partial charge in [-0.05, 0) is 43.0 Å². The molecule has 108 valence electrons. The fourth-order valence-electron chi connectivity index (χ4n) is 2.70. The van der Waals surface area contributed by atoms with E-state index >= 15 is 0 Å². The lowest BCUT2D eigenvalue weighted by molar-refractivity contribution is 0.175. The maximum absolute atomic E-state index is 9.15. The first kappa shape index (κ1) is 14.2. The number of aromatic nitrogens is 1. The van der Waals surface area contributed by atoms with Gasteiger partial charge in [-0.2, -0.15) is 11.3 Å². The van der Waals surface area contributed by atoms with Crippen molar-refractivity contribution in [1.82, 2.24) is 10.3 Å². The number of rotatable bonds is 5. The molecule has 2 N–H and O–H groups in total. The van der Waals surface area contributed by atoms with Gasteiger partial charge in [0.15, 0.2) is 0 Å². The predicted octanol–water partition coefficient (Wildman–Crippen LogP) is 3.51. The third-order valence-corrected chi connectivity index (χ3v) is 5.72. The Balaban J connectivity index is 1.50. The highest BCUT2D eigenvalue weighted by molar-refractivity contribution is 7.15. The molecule has 1 fully saturated rings. The Hall–Kier alpha value is -0.750. The lowest BCUT2D eigenvalue weighted by atomic mass is 9.86. The Morgan fingerprint density at radius 3 is 2.85 bits per heavy atom. The van der Waals surface area contributed by atoms with E-state index in [-0.39, 0.29) is 0 Å². The van der Waals surface area contributed by atoms with Crippen LogP contribution >= 0.6 is 22.7 Å². The monoisotopic (exact) mass is 308 g/mol. The second-order valence-corrected chi connectivity index (χ2v) is 7.32. The fourth-order valence-corrected chi connectivity index (χ4v) is 4.28. The standard InChI is InChI=1S/C15H20N2OS2/c18-9-11-1-3-13(4-2-11)16-7-14-8-17-15(20-14)12-5-6-19-10-12/h5-6,8,10-11,13,16,18H,1-4,7,9H2. The van der Waals surface area contributed by atoms with Crippen molar-refractivity contribution in [2.24, 2.45) is 5.92 Å². The molecule has 0 atom stereocenters. The highest BCUT2D eigenvalue weighted by Gasteiger charge is 2.20. The summed E-state index contributed by atoms with van der Waals surface area (Å²) in [7, 11) is 0. The molecule has 1 aliphatic carbocycles. The van der Waals surface area contributed by atoms with Gasteiger partial charge in [-0.25, -0.2) is 4.98 Å². The first-order valence-electron chi connectivity index (χ1n) is 7.16. The van der Waals surface area contributed by atoms with Crippen molar-refractivity contribution in [3.63, 3.8) is 0 Å². The van der Waals surface area contributed by atoms with Crippen LogP contribution in [0.4, 0.5) is 0 Å². The first-order chi connectivity index (χ1) is 9.85. The van der Waals surface area contributed by atoms with Crippen molar-refractivity contribution < 1.29 is 5.11 Å². The van der Waals surface area contributed by atoms with Crippen LogP contribution in [-0.4, -0.2) is 22.7 Å². The van der Waals surface area contributed by atoms with Gasteiger partial charge in [-0.15, -0.1) is 11.3 Å². The third kappa shape index (κ3) is 3.47. The van der Waals surface area contributed by atoms with Crippen molar-refractivity contribution in [3.05, 3.63) is 27.9 Å². The van der Waals surface area contributed by atoms with E-state index in [1.165, 1.54) is 23.3 Å². The second kappa shape index (κ2) is 6.80. The van der Waals surface area contributed by atoms with E-state index in [0.29, 0.717) is 18.6 Å². The zero-order chi connectivity index (χ0) is 13.8. The summed E-state index contributed by atoms with van der Waals surface area (Å²) >= 11 is 3.49. The third-order valence-electron chi connectivity index (χ3n) is 3.99. The summed E-state index contributed by atoms with van der Waals surface area (Å²) < 4.78 is 0. The zero-order valence-electron chi connectivity index (χ0n) is 11.4. The summed E-state index contributed by atoms with van der Waals surface area (Å²) in [4.78, 5) is 5.80. The molecule has 2 aromatic heterocycles. The van der Waals surface area contributed by atoms with Gasteiger partial charge >= 0.3 is 0 Å². The molecule has 20 heavy (non-hydrogen) atoms. The average Bonchev–Trinajstić information content (AvgIpc) is 3.16. The second-order valence-electron chi connectivity index (χ2n) is 5.42. The molecule has 0 bridgehead atoms. The van der Waals surface area contributed by atoms with E-state index in [4.69, 9.17) is 5.11 Å². The molecule has 0 aromatic carbocycles. The molecule has 3 nitrogen and oxygen atoms in total. The number of aliphatic hydroxyl groups excluding tert-OH is 1. The Morgan fingerprint density at radius 2 is 2.15 bits per heavy atom. The smallest absolute Gasteiger partial charge is 0.124 e. The van der Waals surface area contributed by atoms with Crippen LogP contribution in [0.15, 0.2) is 23.0 Å². The van der Waals surface area contributed by atoms with E-state index in [9.17, 15) is 0 Å². The van der Waals surface area contributed by atoms with E-state index < -0.39 is 0 Å². The van der Waals surface area contributed by atoms with Crippen molar-refractivity contribution in [1.29, 1.82) is 0 Å². The number of nitrogens with zero attached hydrogens (tertiary/aromatic N) is 1. The Labute approximate surface area is 127 Å². The minimum atomic E-state index is 0.353. The number of hydrogen-bond donors (Lipinski definition) is 2. The first-order valence-corrected chi connectivity index (χ1v) is 8.92. The molecule has 0 saturated heterocycles. The predicted molar refractivity (Wildman–Crippen MR) is 85.1 cm³/mol. The normalized spacial score (nSPS) is 23.1. The molecule has 1 aliphatic rings. The molecule has 1 saturated carbocycles. The summed E-state index contributed by atoms with van der Waals surface area (Å²) in [5.74, 6) is 0.529. The number of thiazole rings is 1. The summed E-state index contributed by atoms with van der Waals surface area (Å²) in [6.45, 7) is 1.27. The average molecular weight is 308 g/mol. The number of hydrogen-bond acceptors (Lipinski definition) is 5. The highest BCUT2D eigenvalue weighted by atomic mass is 32.1. The number of thiophene rings is 1. The summed E-state index contributed by atoms with van der Waals surface area (Å²) in [5, 5.41) is 18.1. The minimum absolute atomic E-state index is 0.353. The fraction of sp³-hybridized carbons (Fsp3) is 0.533. The molecule has 3 rings (SSSR count). The Bertz CT molecular complexity index is 516. The van der Waals surface area contributed by atoms with Crippen molar-refractivity contribution in [3.8, 4) is 10.6 Å². The Morgan fingerprint density at radius 1 is 1.30 bits per heavy atom. The van der Waals surface area contributed by atoms with Gasteiger partial charge in [0, 0.05) is 41.2 Å².